The summed E-state index contributed by atoms with van der Waals surface area (Å²) in [5.74, 6) is 0.477. The van der Waals surface area contributed by atoms with Crippen LogP contribution in [0.1, 0.15) is 30.3 Å². The van der Waals surface area contributed by atoms with Gasteiger partial charge >= 0.3 is 0 Å². The lowest BCUT2D eigenvalue weighted by Gasteiger charge is -2.16. The van der Waals surface area contributed by atoms with Crippen molar-refractivity contribution >= 4 is 29.1 Å². The summed E-state index contributed by atoms with van der Waals surface area (Å²) >= 11 is 11.8. The second-order valence-corrected chi connectivity index (χ2v) is 5.07. The second-order valence-electron chi connectivity index (χ2n) is 4.28. The van der Waals surface area contributed by atoms with Gasteiger partial charge in [-0.2, -0.15) is 0 Å². The van der Waals surface area contributed by atoms with Gasteiger partial charge in [0.25, 0.3) is 5.91 Å². The molecule has 1 unspecified atom stereocenters. The average Bonchev–Trinajstić information content (AvgIpc) is 2.80. The number of carbonyl (C=O) groups excluding carboxylic acids is 1. The van der Waals surface area contributed by atoms with Crippen molar-refractivity contribution in [1.82, 2.24) is 9.88 Å². The van der Waals surface area contributed by atoms with Gasteiger partial charge in [0.1, 0.15) is 10.8 Å². The van der Waals surface area contributed by atoms with E-state index in [1.807, 2.05) is 0 Å². The standard InChI is InChI=1S/C12H14Cl2N2O/c1-2-8-5-6-16(7-8)12(17)11-9(13)3-4-10(14)15-11/h3-4,8H,2,5-7H2,1H3. The predicted molar refractivity (Wildman–Crippen MR) is 68.6 cm³/mol. The van der Waals surface area contributed by atoms with Crippen molar-refractivity contribution in [3.05, 3.63) is 28.0 Å². The third-order valence-electron chi connectivity index (χ3n) is 3.17. The van der Waals surface area contributed by atoms with Crippen molar-refractivity contribution in [2.45, 2.75) is 19.8 Å². The third-order valence-corrected chi connectivity index (χ3v) is 3.68. The molecule has 0 aromatic carbocycles. The van der Waals surface area contributed by atoms with Crippen LogP contribution in [0.2, 0.25) is 10.2 Å². The van der Waals surface area contributed by atoms with Gasteiger partial charge in [-0.1, -0.05) is 36.5 Å². The molecule has 1 saturated heterocycles. The van der Waals surface area contributed by atoms with E-state index in [1.165, 1.54) is 0 Å². The van der Waals surface area contributed by atoms with Gasteiger partial charge < -0.3 is 4.90 Å². The quantitative estimate of drug-likeness (QED) is 0.775. The van der Waals surface area contributed by atoms with Crippen LogP contribution >= 0.6 is 23.2 Å². The molecule has 17 heavy (non-hydrogen) atoms. The first-order valence-corrected chi connectivity index (χ1v) is 6.48. The van der Waals surface area contributed by atoms with E-state index in [4.69, 9.17) is 23.2 Å². The normalized spacial score (nSPS) is 19.7. The molecule has 0 aliphatic carbocycles. The molecule has 0 bridgehead atoms. The molecule has 0 saturated carbocycles. The number of hydrogen-bond acceptors (Lipinski definition) is 2. The van der Waals surface area contributed by atoms with Crippen LogP contribution in [-0.2, 0) is 0 Å². The average molecular weight is 273 g/mol. The molecule has 0 N–H and O–H groups in total. The Hall–Kier alpha value is -0.800. The topological polar surface area (TPSA) is 33.2 Å². The third kappa shape index (κ3) is 2.72. The van der Waals surface area contributed by atoms with Crippen molar-refractivity contribution in [2.24, 2.45) is 5.92 Å². The van der Waals surface area contributed by atoms with Gasteiger partial charge in [0, 0.05) is 13.1 Å². The van der Waals surface area contributed by atoms with Gasteiger partial charge in [-0.15, -0.1) is 0 Å². The monoisotopic (exact) mass is 272 g/mol. The molecule has 3 nitrogen and oxygen atoms in total. The van der Waals surface area contributed by atoms with Crippen LogP contribution < -0.4 is 0 Å². The van der Waals surface area contributed by atoms with Crippen molar-refractivity contribution in [1.29, 1.82) is 0 Å². The fourth-order valence-electron chi connectivity index (χ4n) is 2.07. The number of likely N-dealkylation sites (tertiary alicyclic amines) is 1. The fraction of sp³-hybridized carbons (Fsp3) is 0.500. The molecule has 1 aliphatic rings. The summed E-state index contributed by atoms with van der Waals surface area (Å²) < 4.78 is 0. The summed E-state index contributed by atoms with van der Waals surface area (Å²) in [5, 5.41) is 0.656. The molecule has 1 aromatic rings. The van der Waals surface area contributed by atoms with Crippen molar-refractivity contribution in [2.75, 3.05) is 13.1 Å². The van der Waals surface area contributed by atoms with E-state index in [-0.39, 0.29) is 11.6 Å². The number of pyridine rings is 1. The minimum atomic E-state index is -0.117. The number of nitrogens with zero attached hydrogens (tertiary/aromatic N) is 2. The largest absolute Gasteiger partial charge is 0.337 e. The number of rotatable bonds is 2. The molecule has 5 heteroatoms. The summed E-state index contributed by atoms with van der Waals surface area (Å²) in [6, 6.07) is 3.19. The summed E-state index contributed by atoms with van der Waals surface area (Å²) in [6.07, 6.45) is 2.15. The molecule has 1 aliphatic heterocycles. The Balaban J connectivity index is 2.17. The smallest absolute Gasteiger partial charge is 0.274 e. The van der Waals surface area contributed by atoms with Crippen LogP contribution in [0, 0.1) is 5.92 Å². The summed E-state index contributed by atoms with van der Waals surface area (Å²) in [6.45, 7) is 3.71. The lowest BCUT2D eigenvalue weighted by Crippen LogP contribution is -2.29. The Morgan fingerprint density at radius 3 is 2.94 bits per heavy atom. The zero-order valence-corrected chi connectivity index (χ0v) is 11.1. The Bertz CT molecular complexity index is 437. The van der Waals surface area contributed by atoms with E-state index in [0.717, 1.165) is 25.9 Å². The van der Waals surface area contributed by atoms with Gasteiger partial charge in [-0.3, -0.25) is 4.79 Å². The molecule has 1 fully saturated rings. The predicted octanol–water partition coefficient (Wildman–Crippen LogP) is 3.26. The summed E-state index contributed by atoms with van der Waals surface area (Å²) in [7, 11) is 0. The van der Waals surface area contributed by atoms with E-state index in [9.17, 15) is 4.79 Å². The highest BCUT2D eigenvalue weighted by molar-refractivity contribution is 6.34. The van der Waals surface area contributed by atoms with E-state index in [2.05, 4.69) is 11.9 Å². The zero-order chi connectivity index (χ0) is 12.4. The van der Waals surface area contributed by atoms with E-state index < -0.39 is 0 Å². The van der Waals surface area contributed by atoms with Gasteiger partial charge in [0.15, 0.2) is 0 Å². The number of halogens is 2. The van der Waals surface area contributed by atoms with E-state index in [1.54, 1.807) is 17.0 Å². The first-order chi connectivity index (χ1) is 8.11. The first-order valence-electron chi connectivity index (χ1n) is 5.73. The lowest BCUT2D eigenvalue weighted by molar-refractivity contribution is 0.0781. The SMILES string of the molecule is CCC1CCN(C(=O)c2nc(Cl)ccc2Cl)C1. The molecular formula is C12H14Cl2N2O. The molecule has 1 aromatic heterocycles. The number of aromatic nitrogens is 1. The van der Waals surface area contributed by atoms with E-state index in [0.29, 0.717) is 16.1 Å². The Labute approximate surface area is 111 Å². The maximum atomic E-state index is 12.2. The van der Waals surface area contributed by atoms with Crippen molar-refractivity contribution in [3.63, 3.8) is 0 Å². The molecule has 0 spiro atoms. The van der Waals surface area contributed by atoms with Crippen LogP contribution in [0.25, 0.3) is 0 Å². The highest BCUT2D eigenvalue weighted by atomic mass is 35.5. The molecule has 2 heterocycles. The second kappa shape index (κ2) is 5.23. The van der Waals surface area contributed by atoms with Crippen LogP contribution in [0.15, 0.2) is 12.1 Å². The van der Waals surface area contributed by atoms with Gasteiger partial charge in [-0.25, -0.2) is 4.98 Å². The lowest BCUT2D eigenvalue weighted by atomic mass is 10.1. The zero-order valence-electron chi connectivity index (χ0n) is 9.62. The maximum Gasteiger partial charge on any atom is 0.274 e. The Morgan fingerprint density at radius 2 is 2.29 bits per heavy atom. The van der Waals surface area contributed by atoms with Gasteiger partial charge in [-0.05, 0) is 24.5 Å². The van der Waals surface area contributed by atoms with Crippen LogP contribution in [-0.4, -0.2) is 28.9 Å². The molecule has 2 rings (SSSR count). The molecule has 0 radical (unpaired) electrons. The summed E-state index contributed by atoms with van der Waals surface area (Å²) in [4.78, 5) is 18.0. The van der Waals surface area contributed by atoms with Crippen LogP contribution in [0.5, 0.6) is 0 Å². The van der Waals surface area contributed by atoms with Crippen LogP contribution in [0.4, 0.5) is 0 Å². The molecule has 1 amide bonds. The van der Waals surface area contributed by atoms with Gasteiger partial charge in [0.2, 0.25) is 0 Å². The van der Waals surface area contributed by atoms with Gasteiger partial charge in [0.05, 0.1) is 5.02 Å². The number of carbonyl (C=O) groups is 1. The highest BCUT2D eigenvalue weighted by Gasteiger charge is 2.27. The minimum absolute atomic E-state index is 0.117. The highest BCUT2D eigenvalue weighted by Crippen LogP contribution is 2.24. The molecular weight excluding hydrogens is 259 g/mol. The minimum Gasteiger partial charge on any atom is -0.337 e. The number of amides is 1. The Kier molecular flexibility index (Phi) is 3.89. The van der Waals surface area contributed by atoms with Crippen molar-refractivity contribution in [3.8, 4) is 0 Å². The van der Waals surface area contributed by atoms with Crippen molar-refractivity contribution < 1.29 is 4.79 Å². The molecule has 1 atom stereocenters. The Morgan fingerprint density at radius 1 is 1.53 bits per heavy atom. The first kappa shape index (κ1) is 12.7. The molecule has 92 valence electrons. The fourth-order valence-corrected chi connectivity index (χ4v) is 2.40. The van der Waals surface area contributed by atoms with E-state index >= 15 is 0 Å². The summed E-state index contributed by atoms with van der Waals surface area (Å²) in [5.41, 5.74) is 0.260. The number of hydrogen-bond donors (Lipinski definition) is 0. The van der Waals surface area contributed by atoms with Crippen LogP contribution in [0.3, 0.4) is 0 Å². The maximum absolute atomic E-state index is 12.2.